The van der Waals surface area contributed by atoms with Crippen molar-refractivity contribution in [2.75, 3.05) is 11.9 Å². The summed E-state index contributed by atoms with van der Waals surface area (Å²) in [4.78, 5) is 42.8. The molecule has 0 fully saturated rings. The first-order valence-corrected chi connectivity index (χ1v) is 8.06. The first-order valence-electron chi connectivity index (χ1n) is 8.06. The van der Waals surface area contributed by atoms with Gasteiger partial charge in [-0.05, 0) is 36.8 Å². The Bertz CT molecular complexity index is 916. The first-order chi connectivity index (χ1) is 13.0. The van der Waals surface area contributed by atoms with Gasteiger partial charge in [0, 0.05) is 30.3 Å². The van der Waals surface area contributed by atoms with E-state index in [2.05, 4.69) is 25.6 Å². The number of carbonyl (C=O) groups excluding carboxylic acids is 1. The molecule has 9 nitrogen and oxygen atoms in total. The lowest BCUT2D eigenvalue weighted by molar-refractivity contribution is 0.0695. The molecule has 0 aliphatic heterocycles. The van der Waals surface area contributed by atoms with Crippen molar-refractivity contribution < 1.29 is 14.7 Å². The predicted octanol–water partition coefficient (Wildman–Crippen LogP) is 2.29. The zero-order valence-corrected chi connectivity index (χ0v) is 14.5. The Morgan fingerprint density at radius 1 is 1.15 bits per heavy atom. The number of aromatic nitrogens is 3. The lowest BCUT2D eigenvalue weighted by Crippen LogP contribution is -2.28. The minimum Gasteiger partial charge on any atom is -0.477 e. The number of urea groups is 1. The fourth-order valence-corrected chi connectivity index (χ4v) is 2.09. The zero-order chi connectivity index (χ0) is 19.6. The summed E-state index contributed by atoms with van der Waals surface area (Å²) in [5.41, 5.74) is 0.849. The van der Waals surface area contributed by atoms with Crippen LogP contribution in [0.2, 0.25) is 0 Å². The number of carboxylic acids is 1. The van der Waals surface area contributed by atoms with Gasteiger partial charge in [0.1, 0.15) is 5.56 Å². The van der Waals surface area contributed by atoms with Crippen LogP contribution >= 0.6 is 0 Å². The minimum absolute atomic E-state index is 0.297. The van der Waals surface area contributed by atoms with Crippen molar-refractivity contribution in [3.8, 4) is 11.3 Å². The second-order valence-corrected chi connectivity index (χ2v) is 5.24. The molecule has 2 amide bonds. The Morgan fingerprint density at radius 3 is 2.37 bits per heavy atom. The quantitative estimate of drug-likeness (QED) is 0.480. The van der Waals surface area contributed by atoms with E-state index in [0.29, 0.717) is 23.5 Å². The van der Waals surface area contributed by atoms with Crippen molar-refractivity contribution in [3.63, 3.8) is 0 Å². The number of hydrogen-bond acceptors (Lipinski definition) is 4. The average Bonchev–Trinajstić information content (AvgIpc) is 3.22. The van der Waals surface area contributed by atoms with Crippen LogP contribution in [0.5, 0.6) is 0 Å². The molecule has 0 aliphatic rings. The Hall–Kier alpha value is -3.88. The van der Waals surface area contributed by atoms with Crippen molar-refractivity contribution in [1.82, 2.24) is 20.3 Å². The molecule has 140 valence electrons. The molecule has 2 heterocycles. The topological polar surface area (TPSA) is 140 Å². The summed E-state index contributed by atoms with van der Waals surface area (Å²) in [7, 11) is 0. The summed E-state index contributed by atoms with van der Waals surface area (Å²) in [6, 6.07) is 9.30. The number of imidazole rings is 1. The molecule has 1 aromatic carbocycles. The van der Waals surface area contributed by atoms with Crippen LogP contribution in [0.4, 0.5) is 10.5 Å². The van der Waals surface area contributed by atoms with Crippen LogP contribution in [0, 0.1) is 0 Å². The van der Waals surface area contributed by atoms with Gasteiger partial charge >= 0.3 is 12.0 Å². The molecule has 3 aromatic rings. The number of carbonyl (C=O) groups is 2. The number of nitrogens with one attached hydrogen (secondary N) is 4. The molecular formula is C18H19N5O4. The number of anilines is 1. The first kappa shape index (κ1) is 19.4. The number of pyridine rings is 1. The summed E-state index contributed by atoms with van der Waals surface area (Å²) < 4.78 is 0. The van der Waals surface area contributed by atoms with Gasteiger partial charge < -0.3 is 25.7 Å². The van der Waals surface area contributed by atoms with E-state index in [1.54, 1.807) is 43.0 Å². The number of aromatic amines is 2. The van der Waals surface area contributed by atoms with Crippen LogP contribution in [0.3, 0.4) is 0 Å². The largest absolute Gasteiger partial charge is 0.477 e. The fraction of sp³-hybridized carbons (Fsp3) is 0.111. The summed E-state index contributed by atoms with van der Waals surface area (Å²) in [6.45, 7) is 2.35. The fourth-order valence-electron chi connectivity index (χ4n) is 2.09. The van der Waals surface area contributed by atoms with E-state index in [-0.39, 0.29) is 11.6 Å². The van der Waals surface area contributed by atoms with Crippen LogP contribution in [0.15, 0.2) is 59.9 Å². The molecule has 0 saturated carbocycles. The van der Waals surface area contributed by atoms with Gasteiger partial charge in [-0.25, -0.2) is 14.6 Å². The second kappa shape index (κ2) is 9.56. The van der Waals surface area contributed by atoms with Gasteiger partial charge in [0.2, 0.25) is 0 Å². The summed E-state index contributed by atoms with van der Waals surface area (Å²) in [5, 5.41) is 14.1. The van der Waals surface area contributed by atoms with Crippen molar-refractivity contribution in [3.05, 3.63) is 71.0 Å². The normalized spacial score (nSPS) is 9.67. The number of amides is 2. The van der Waals surface area contributed by atoms with E-state index in [9.17, 15) is 14.4 Å². The molecule has 0 saturated heterocycles. The predicted molar refractivity (Wildman–Crippen MR) is 101 cm³/mol. The molecule has 9 heteroatoms. The van der Waals surface area contributed by atoms with Crippen LogP contribution in [0.25, 0.3) is 11.3 Å². The minimum atomic E-state index is -1.27. The monoisotopic (exact) mass is 369 g/mol. The van der Waals surface area contributed by atoms with Gasteiger partial charge in [0.15, 0.2) is 0 Å². The molecule has 0 bridgehead atoms. The van der Waals surface area contributed by atoms with Crippen LogP contribution in [-0.4, -0.2) is 38.6 Å². The number of carboxylic acid groups (broad SMARTS) is 1. The van der Waals surface area contributed by atoms with Crippen LogP contribution in [-0.2, 0) is 0 Å². The van der Waals surface area contributed by atoms with E-state index in [0.717, 1.165) is 0 Å². The van der Waals surface area contributed by atoms with E-state index >= 15 is 0 Å². The summed E-state index contributed by atoms with van der Waals surface area (Å²) in [5.74, 6) is -1.27. The molecule has 0 radical (unpaired) electrons. The molecule has 3 rings (SSSR count). The number of rotatable bonds is 4. The van der Waals surface area contributed by atoms with Gasteiger partial charge in [-0.15, -0.1) is 0 Å². The highest BCUT2D eigenvalue weighted by Gasteiger charge is 2.09. The second-order valence-electron chi connectivity index (χ2n) is 5.24. The van der Waals surface area contributed by atoms with Gasteiger partial charge in [-0.1, -0.05) is 12.1 Å². The van der Waals surface area contributed by atoms with E-state index in [1.165, 1.54) is 12.1 Å². The lowest BCUT2D eigenvalue weighted by Gasteiger charge is -2.07. The Labute approximate surface area is 154 Å². The highest BCUT2D eigenvalue weighted by atomic mass is 16.4. The number of nitrogens with zero attached hydrogens (tertiary/aromatic N) is 1. The maximum absolute atomic E-state index is 11.6. The summed E-state index contributed by atoms with van der Waals surface area (Å²) in [6.07, 6.45) is 5.08. The van der Waals surface area contributed by atoms with Crippen molar-refractivity contribution in [2.45, 2.75) is 6.92 Å². The van der Waals surface area contributed by atoms with Crippen LogP contribution in [0.1, 0.15) is 17.3 Å². The van der Waals surface area contributed by atoms with Gasteiger partial charge in [0.25, 0.3) is 5.56 Å². The molecule has 0 spiro atoms. The Balaban J connectivity index is 0.000000451. The molecule has 0 aliphatic carbocycles. The highest BCUT2D eigenvalue weighted by Crippen LogP contribution is 2.18. The van der Waals surface area contributed by atoms with Gasteiger partial charge in [0.05, 0.1) is 6.33 Å². The lowest BCUT2D eigenvalue weighted by atomic mass is 10.1. The zero-order valence-electron chi connectivity index (χ0n) is 14.5. The Kier molecular flexibility index (Phi) is 6.89. The van der Waals surface area contributed by atoms with E-state index in [1.807, 2.05) is 6.92 Å². The molecule has 2 aromatic heterocycles. The van der Waals surface area contributed by atoms with E-state index < -0.39 is 11.5 Å². The molecule has 0 atom stereocenters. The summed E-state index contributed by atoms with van der Waals surface area (Å²) >= 11 is 0. The standard InChI is InChI=1S/C15H15N3O4.C3H4N2/c1-2-16-15(22)17-10-5-3-9(4-6-10)12-8-7-11(14(20)21)13(19)18-12;1-2-5-3-4-1/h3-8H,2H2,1H3,(H,18,19)(H,20,21)(H2,16,17,22);1-3H,(H,4,5). The molecule has 0 unspecified atom stereocenters. The number of benzene rings is 1. The highest BCUT2D eigenvalue weighted by molar-refractivity contribution is 5.89. The molecule has 27 heavy (non-hydrogen) atoms. The van der Waals surface area contributed by atoms with Gasteiger partial charge in [-0.3, -0.25) is 4.79 Å². The molecule has 5 N–H and O–H groups in total. The van der Waals surface area contributed by atoms with Crippen molar-refractivity contribution >= 4 is 17.7 Å². The number of hydrogen-bond donors (Lipinski definition) is 5. The third kappa shape index (κ3) is 5.85. The molecular weight excluding hydrogens is 350 g/mol. The maximum Gasteiger partial charge on any atom is 0.341 e. The maximum atomic E-state index is 11.6. The number of aromatic carboxylic acids is 1. The van der Waals surface area contributed by atoms with Crippen molar-refractivity contribution in [2.24, 2.45) is 0 Å². The van der Waals surface area contributed by atoms with Crippen molar-refractivity contribution in [1.29, 1.82) is 0 Å². The third-order valence-electron chi connectivity index (χ3n) is 3.34. The Morgan fingerprint density at radius 2 is 1.89 bits per heavy atom. The smallest absolute Gasteiger partial charge is 0.341 e. The average molecular weight is 369 g/mol. The SMILES string of the molecule is CCNC(=O)Nc1ccc(-c2ccc(C(=O)O)c(=O)[nH]2)cc1.c1c[nH]cn1. The van der Waals surface area contributed by atoms with E-state index in [4.69, 9.17) is 5.11 Å². The van der Waals surface area contributed by atoms with Crippen LogP contribution < -0.4 is 16.2 Å². The third-order valence-corrected chi connectivity index (χ3v) is 3.34. The van der Waals surface area contributed by atoms with Gasteiger partial charge in [-0.2, -0.15) is 0 Å². The number of H-pyrrole nitrogens is 2.